The third kappa shape index (κ3) is 4.23. The van der Waals surface area contributed by atoms with Crippen LogP contribution in [0.15, 0.2) is 42.7 Å². The average molecular weight is 417 g/mol. The van der Waals surface area contributed by atoms with Crippen LogP contribution in [0.2, 0.25) is 0 Å². The number of rotatable bonds is 4. The molecule has 0 aliphatic carbocycles. The number of alkyl halides is 3. The second-order valence-corrected chi connectivity index (χ2v) is 8.43. The van der Waals surface area contributed by atoms with E-state index in [1.807, 2.05) is 13.0 Å². The molecule has 1 unspecified atom stereocenters. The minimum atomic E-state index is -4.20. The summed E-state index contributed by atoms with van der Waals surface area (Å²) in [6, 6.07) is 9.77. The lowest BCUT2D eigenvalue weighted by atomic mass is 9.97. The van der Waals surface area contributed by atoms with Gasteiger partial charge in [0.05, 0.1) is 13.1 Å². The number of pyridine rings is 1. The zero-order chi connectivity index (χ0) is 21.5. The highest BCUT2D eigenvalue weighted by molar-refractivity contribution is 5.86. The number of aromatic nitrogens is 2. The molecule has 160 valence electrons. The summed E-state index contributed by atoms with van der Waals surface area (Å²) in [5.41, 5.74) is 3.88. The fourth-order valence-electron chi connectivity index (χ4n) is 4.50. The van der Waals surface area contributed by atoms with Crippen molar-refractivity contribution in [3.8, 4) is 0 Å². The number of hydrogen-bond donors (Lipinski definition) is 1. The molecule has 0 spiro atoms. The van der Waals surface area contributed by atoms with Crippen molar-refractivity contribution in [1.82, 2.24) is 14.5 Å². The molecule has 0 bridgehead atoms. The largest absolute Gasteiger partial charge is 0.401 e. The third-order valence-electron chi connectivity index (χ3n) is 5.96. The van der Waals surface area contributed by atoms with Gasteiger partial charge >= 0.3 is 6.18 Å². The van der Waals surface area contributed by atoms with Gasteiger partial charge in [-0.05, 0) is 55.7 Å². The summed E-state index contributed by atoms with van der Waals surface area (Å²) in [7, 11) is 0. The van der Waals surface area contributed by atoms with Crippen molar-refractivity contribution in [2.24, 2.45) is 0 Å². The van der Waals surface area contributed by atoms with E-state index in [0.29, 0.717) is 32.5 Å². The summed E-state index contributed by atoms with van der Waals surface area (Å²) < 4.78 is 40.9. The molecule has 1 aromatic carbocycles. The molecule has 0 amide bonds. The third-order valence-corrected chi connectivity index (χ3v) is 5.96. The predicted molar refractivity (Wildman–Crippen MR) is 110 cm³/mol. The molecule has 1 aliphatic heterocycles. The van der Waals surface area contributed by atoms with Crippen LogP contribution in [0, 0.1) is 6.92 Å². The van der Waals surface area contributed by atoms with Gasteiger partial charge < -0.3 is 9.67 Å². The molecule has 4 nitrogen and oxygen atoms in total. The van der Waals surface area contributed by atoms with E-state index in [1.54, 1.807) is 31.5 Å². The Morgan fingerprint density at radius 3 is 2.43 bits per heavy atom. The highest BCUT2D eigenvalue weighted by atomic mass is 19.4. The topological polar surface area (TPSA) is 41.3 Å². The molecule has 4 rings (SSSR count). The molecule has 0 radical (unpaired) electrons. The molecule has 0 saturated heterocycles. The van der Waals surface area contributed by atoms with Crippen LogP contribution in [-0.4, -0.2) is 45.4 Å². The Labute approximate surface area is 174 Å². The number of fused-ring (bicyclic) bond motifs is 3. The van der Waals surface area contributed by atoms with Crippen molar-refractivity contribution in [3.63, 3.8) is 0 Å². The first-order valence-corrected chi connectivity index (χ1v) is 10.2. The molecule has 1 aliphatic rings. The predicted octanol–water partition coefficient (Wildman–Crippen LogP) is 4.22. The Balaban J connectivity index is 1.74. The molecule has 1 N–H and O–H groups in total. The molecule has 2 aromatic heterocycles. The smallest absolute Gasteiger partial charge is 0.384 e. The van der Waals surface area contributed by atoms with E-state index < -0.39 is 18.3 Å². The fourth-order valence-corrected chi connectivity index (χ4v) is 4.50. The standard InChI is InChI=1S/C23H26F3N3O/c1-16-3-4-20-19(13-16)18-7-11-28(15-23(24,25)26)12-8-21(18)29(20)14-22(2,30)17-5-9-27-10-6-17/h3-6,9-10,13,30H,7-8,11-12,14-15H2,1-2H3. The van der Waals surface area contributed by atoms with Gasteiger partial charge in [-0.15, -0.1) is 0 Å². The van der Waals surface area contributed by atoms with E-state index in [-0.39, 0.29) is 0 Å². The summed E-state index contributed by atoms with van der Waals surface area (Å²) in [6.45, 7) is 3.94. The number of halogens is 3. The minimum Gasteiger partial charge on any atom is -0.384 e. The van der Waals surface area contributed by atoms with Crippen molar-refractivity contribution in [3.05, 3.63) is 65.1 Å². The van der Waals surface area contributed by atoms with Crippen LogP contribution in [0.3, 0.4) is 0 Å². The zero-order valence-electron chi connectivity index (χ0n) is 17.2. The van der Waals surface area contributed by atoms with Crippen molar-refractivity contribution >= 4 is 10.9 Å². The monoisotopic (exact) mass is 417 g/mol. The van der Waals surface area contributed by atoms with Gasteiger partial charge in [-0.25, -0.2) is 0 Å². The van der Waals surface area contributed by atoms with Crippen molar-refractivity contribution < 1.29 is 18.3 Å². The maximum Gasteiger partial charge on any atom is 0.401 e. The Bertz CT molecular complexity index is 1040. The van der Waals surface area contributed by atoms with Gasteiger partial charge in [-0.2, -0.15) is 13.2 Å². The van der Waals surface area contributed by atoms with Crippen LogP contribution in [0.1, 0.15) is 29.3 Å². The Morgan fingerprint density at radius 2 is 1.73 bits per heavy atom. The molecular formula is C23H26F3N3O. The number of aliphatic hydroxyl groups is 1. The van der Waals surface area contributed by atoms with Crippen LogP contribution in [0.5, 0.6) is 0 Å². The van der Waals surface area contributed by atoms with Gasteiger partial charge in [-0.1, -0.05) is 11.6 Å². The first-order valence-electron chi connectivity index (χ1n) is 10.2. The Hall–Kier alpha value is -2.38. The molecule has 0 fully saturated rings. The van der Waals surface area contributed by atoms with E-state index in [9.17, 15) is 18.3 Å². The Morgan fingerprint density at radius 1 is 1.03 bits per heavy atom. The van der Waals surface area contributed by atoms with E-state index in [2.05, 4.69) is 21.7 Å². The van der Waals surface area contributed by atoms with Crippen molar-refractivity contribution in [2.75, 3.05) is 19.6 Å². The van der Waals surface area contributed by atoms with E-state index in [1.165, 1.54) is 4.90 Å². The van der Waals surface area contributed by atoms with Crippen LogP contribution >= 0.6 is 0 Å². The lowest BCUT2D eigenvalue weighted by Gasteiger charge is -2.27. The first-order chi connectivity index (χ1) is 14.1. The molecule has 1 atom stereocenters. The van der Waals surface area contributed by atoms with Crippen molar-refractivity contribution in [2.45, 2.75) is 45.0 Å². The highest BCUT2D eigenvalue weighted by Crippen LogP contribution is 2.34. The zero-order valence-corrected chi connectivity index (χ0v) is 17.2. The molecular weight excluding hydrogens is 391 g/mol. The fraction of sp³-hybridized carbons (Fsp3) is 0.435. The summed E-state index contributed by atoms with van der Waals surface area (Å²) in [5.74, 6) is 0. The summed E-state index contributed by atoms with van der Waals surface area (Å²) >= 11 is 0. The van der Waals surface area contributed by atoms with E-state index >= 15 is 0 Å². The van der Waals surface area contributed by atoms with Gasteiger partial charge in [0.15, 0.2) is 0 Å². The van der Waals surface area contributed by atoms with Gasteiger partial charge in [0, 0.05) is 48.5 Å². The van der Waals surface area contributed by atoms with Gasteiger partial charge in [0.1, 0.15) is 5.60 Å². The van der Waals surface area contributed by atoms with Crippen LogP contribution in [0.4, 0.5) is 13.2 Å². The van der Waals surface area contributed by atoms with E-state index in [0.717, 1.165) is 33.3 Å². The summed E-state index contributed by atoms with van der Waals surface area (Å²) in [5, 5.41) is 12.3. The van der Waals surface area contributed by atoms with Gasteiger partial charge in [0.25, 0.3) is 0 Å². The Kier molecular flexibility index (Phi) is 5.36. The summed E-state index contributed by atoms with van der Waals surface area (Å²) in [4.78, 5) is 5.50. The number of benzene rings is 1. The van der Waals surface area contributed by atoms with Crippen LogP contribution in [0.25, 0.3) is 10.9 Å². The van der Waals surface area contributed by atoms with Crippen LogP contribution in [-0.2, 0) is 25.0 Å². The van der Waals surface area contributed by atoms with Gasteiger partial charge in [-0.3, -0.25) is 9.88 Å². The maximum absolute atomic E-state index is 12.9. The first kappa shape index (κ1) is 20.9. The normalized spacial score (nSPS) is 17.5. The SMILES string of the molecule is Cc1ccc2c(c1)c1c(n2CC(C)(O)c2ccncc2)CCN(CC(F)(F)F)CC1. The number of nitrogens with zero attached hydrogens (tertiary/aromatic N) is 3. The molecule has 3 aromatic rings. The highest BCUT2D eigenvalue weighted by Gasteiger charge is 2.33. The second kappa shape index (κ2) is 7.71. The average Bonchev–Trinajstić information content (AvgIpc) is 2.81. The molecule has 7 heteroatoms. The maximum atomic E-state index is 12.9. The van der Waals surface area contributed by atoms with Gasteiger partial charge in [0.2, 0.25) is 0 Å². The van der Waals surface area contributed by atoms with Crippen molar-refractivity contribution in [1.29, 1.82) is 0 Å². The number of hydrogen-bond acceptors (Lipinski definition) is 3. The lowest BCUT2D eigenvalue weighted by molar-refractivity contribution is -0.145. The minimum absolute atomic E-state index is 0.325. The number of aryl methyl sites for hydroxylation is 1. The molecule has 0 saturated carbocycles. The molecule has 30 heavy (non-hydrogen) atoms. The van der Waals surface area contributed by atoms with E-state index in [4.69, 9.17) is 0 Å². The molecule has 3 heterocycles. The quantitative estimate of drug-likeness (QED) is 0.691. The van der Waals surface area contributed by atoms with Crippen LogP contribution < -0.4 is 0 Å². The summed E-state index contributed by atoms with van der Waals surface area (Å²) in [6.07, 6.45) is 0.183. The second-order valence-electron chi connectivity index (χ2n) is 8.43. The lowest BCUT2D eigenvalue weighted by Crippen LogP contribution is -2.36.